The van der Waals surface area contributed by atoms with E-state index in [2.05, 4.69) is 30.3 Å². The van der Waals surface area contributed by atoms with Crippen LogP contribution in [0.5, 0.6) is 0 Å². The summed E-state index contributed by atoms with van der Waals surface area (Å²) >= 11 is 0. The molecule has 3 rings (SSSR count). The van der Waals surface area contributed by atoms with Crippen molar-refractivity contribution in [2.45, 2.75) is 57.0 Å². The molecule has 3 heteroatoms. The summed E-state index contributed by atoms with van der Waals surface area (Å²) in [5.41, 5.74) is 2.32. The van der Waals surface area contributed by atoms with Crippen molar-refractivity contribution in [1.29, 1.82) is 0 Å². The lowest BCUT2D eigenvalue weighted by Gasteiger charge is -2.13. The molecule has 0 spiro atoms. The third-order valence-corrected chi connectivity index (χ3v) is 5.24. The van der Waals surface area contributed by atoms with Crippen LogP contribution in [0.1, 0.15) is 55.2 Å². The van der Waals surface area contributed by atoms with Crippen LogP contribution in [-0.2, 0) is 28.0 Å². The van der Waals surface area contributed by atoms with Gasteiger partial charge in [0.2, 0.25) is 5.60 Å². The quantitative estimate of drug-likeness (QED) is 0.451. The lowest BCUT2D eigenvalue weighted by atomic mass is 9.91. The second-order valence-corrected chi connectivity index (χ2v) is 7.18. The minimum absolute atomic E-state index is 0.292. The van der Waals surface area contributed by atoms with Gasteiger partial charge in [-0.15, -0.1) is 0 Å². The largest absolute Gasteiger partial charge is 0.479 e. The van der Waals surface area contributed by atoms with Crippen molar-refractivity contribution in [2.24, 2.45) is 0 Å². The van der Waals surface area contributed by atoms with Gasteiger partial charge in [-0.05, 0) is 36.8 Å². The maximum atomic E-state index is 11.5. The summed E-state index contributed by atoms with van der Waals surface area (Å²) in [6, 6.07) is 18.5. The molecule has 1 unspecified atom stereocenters. The molecule has 0 aliphatic carbocycles. The summed E-state index contributed by atoms with van der Waals surface area (Å²) in [6.07, 6.45) is 9.46. The van der Waals surface area contributed by atoms with Crippen LogP contribution in [0.15, 0.2) is 54.6 Å². The summed E-state index contributed by atoms with van der Waals surface area (Å²) in [4.78, 5) is 11.5. The summed E-state index contributed by atoms with van der Waals surface area (Å²) in [5.74, 6) is -0.872. The van der Waals surface area contributed by atoms with Crippen LogP contribution in [0.2, 0.25) is 0 Å². The monoisotopic (exact) mass is 352 g/mol. The van der Waals surface area contributed by atoms with Crippen molar-refractivity contribution < 1.29 is 14.6 Å². The first-order chi connectivity index (χ1) is 12.7. The van der Waals surface area contributed by atoms with E-state index in [1.54, 1.807) is 0 Å². The molecule has 0 saturated carbocycles. The van der Waals surface area contributed by atoms with Gasteiger partial charge in [-0.3, -0.25) is 0 Å². The molecule has 1 fully saturated rings. The number of carboxylic acid groups (broad SMARTS) is 1. The summed E-state index contributed by atoms with van der Waals surface area (Å²) < 4.78 is 5.29. The molecule has 26 heavy (non-hydrogen) atoms. The smallest absolute Gasteiger partial charge is 0.343 e. The van der Waals surface area contributed by atoms with E-state index >= 15 is 0 Å². The van der Waals surface area contributed by atoms with E-state index in [1.165, 1.54) is 44.1 Å². The lowest BCUT2D eigenvalue weighted by molar-refractivity contribution is -0.143. The van der Waals surface area contributed by atoms with Gasteiger partial charge < -0.3 is 9.84 Å². The van der Waals surface area contributed by atoms with Gasteiger partial charge >= 0.3 is 5.97 Å². The number of carboxylic acids is 1. The van der Waals surface area contributed by atoms with Crippen molar-refractivity contribution >= 4 is 5.97 Å². The Labute approximate surface area is 156 Å². The van der Waals surface area contributed by atoms with Crippen LogP contribution >= 0.6 is 0 Å². The van der Waals surface area contributed by atoms with Crippen LogP contribution in [0, 0.1) is 0 Å². The number of aliphatic carboxylic acids is 1. The van der Waals surface area contributed by atoms with E-state index in [1.807, 2.05) is 24.3 Å². The zero-order valence-electron chi connectivity index (χ0n) is 15.3. The van der Waals surface area contributed by atoms with Crippen molar-refractivity contribution in [1.82, 2.24) is 0 Å². The number of rotatable bonds is 11. The van der Waals surface area contributed by atoms with Crippen molar-refractivity contribution in [3.05, 3.63) is 71.3 Å². The number of epoxide rings is 1. The molecule has 0 amide bonds. The van der Waals surface area contributed by atoms with Gasteiger partial charge in [0.15, 0.2) is 0 Å². The van der Waals surface area contributed by atoms with E-state index in [9.17, 15) is 9.90 Å². The van der Waals surface area contributed by atoms with Gasteiger partial charge in [0.25, 0.3) is 0 Å². The molecule has 138 valence electrons. The Bertz CT molecular complexity index is 704. The highest BCUT2D eigenvalue weighted by Gasteiger charge is 2.55. The molecule has 2 aromatic carbocycles. The average molecular weight is 352 g/mol. The van der Waals surface area contributed by atoms with E-state index in [-0.39, 0.29) is 0 Å². The molecule has 2 aromatic rings. The molecule has 0 aromatic heterocycles. The summed E-state index contributed by atoms with van der Waals surface area (Å²) in [6.45, 7) is 0.292. The Morgan fingerprint density at radius 3 is 2.08 bits per heavy atom. The SMILES string of the molecule is O=C(O)C1(c2ccccc2CCCCCCCCc2ccccc2)CO1. The molecule has 1 aliphatic rings. The highest BCUT2D eigenvalue weighted by Crippen LogP contribution is 2.41. The number of ether oxygens (including phenoxy) is 1. The van der Waals surface area contributed by atoms with Gasteiger partial charge in [0.1, 0.15) is 0 Å². The average Bonchev–Trinajstić information content (AvgIpc) is 3.47. The Balaban J connectivity index is 1.34. The van der Waals surface area contributed by atoms with Crippen LogP contribution in [-0.4, -0.2) is 17.7 Å². The second kappa shape index (κ2) is 9.00. The number of hydrogen-bond donors (Lipinski definition) is 1. The molecule has 3 nitrogen and oxygen atoms in total. The fraction of sp³-hybridized carbons (Fsp3) is 0.435. The minimum atomic E-state index is -1.08. The van der Waals surface area contributed by atoms with E-state index in [4.69, 9.17) is 4.74 Å². The zero-order valence-corrected chi connectivity index (χ0v) is 15.3. The number of hydrogen-bond acceptors (Lipinski definition) is 2. The molecule has 1 heterocycles. The van der Waals surface area contributed by atoms with E-state index in [0.29, 0.717) is 6.61 Å². The summed E-state index contributed by atoms with van der Waals surface area (Å²) in [7, 11) is 0. The molecule has 1 aliphatic heterocycles. The predicted molar refractivity (Wildman–Crippen MR) is 103 cm³/mol. The first-order valence-electron chi connectivity index (χ1n) is 9.72. The fourth-order valence-electron chi connectivity index (χ4n) is 3.59. The first kappa shape index (κ1) is 18.7. The Morgan fingerprint density at radius 2 is 1.42 bits per heavy atom. The third kappa shape index (κ3) is 4.73. The lowest BCUT2D eigenvalue weighted by Crippen LogP contribution is -2.23. The van der Waals surface area contributed by atoms with Crippen molar-refractivity contribution in [3.63, 3.8) is 0 Å². The molecular formula is C23H28O3. The minimum Gasteiger partial charge on any atom is -0.479 e. The molecule has 0 bridgehead atoms. The van der Waals surface area contributed by atoms with Gasteiger partial charge in [0, 0.05) is 5.56 Å². The van der Waals surface area contributed by atoms with E-state index < -0.39 is 11.6 Å². The van der Waals surface area contributed by atoms with E-state index in [0.717, 1.165) is 24.0 Å². The second-order valence-electron chi connectivity index (χ2n) is 7.18. The topological polar surface area (TPSA) is 49.8 Å². The van der Waals surface area contributed by atoms with Gasteiger partial charge in [0.05, 0.1) is 6.61 Å². The van der Waals surface area contributed by atoms with Crippen LogP contribution < -0.4 is 0 Å². The maximum absolute atomic E-state index is 11.5. The number of aryl methyl sites for hydroxylation is 2. The van der Waals surface area contributed by atoms with Crippen molar-refractivity contribution in [3.8, 4) is 0 Å². The van der Waals surface area contributed by atoms with Gasteiger partial charge in [-0.25, -0.2) is 4.79 Å². The number of carbonyl (C=O) groups is 1. The number of unbranched alkanes of at least 4 members (excludes halogenated alkanes) is 5. The molecule has 1 saturated heterocycles. The Hall–Kier alpha value is -2.13. The first-order valence-corrected chi connectivity index (χ1v) is 9.72. The number of benzene rings is 2. The predicted octanol–water partition coefficient (Wildman–Crippen LogP) is 5.12. The highest BCUT2D eigenvalue weighted by atomic mass is 16.6. The normalized spacial score (nSPS) is 18.6. The Morgan fingerprint density at radius 1 is 0.846 bits per heavy atom. The highest BCUT2D eigenvalue weighted by molar-refractivity contribution is 5.82. The van der Waals surface area contributed by atoms with Crippen LogP contribution in [0.3, 0.4) is 0 Å². The van der Waals surface area contributed by atoms with Crippen LogP contribution in [0.25, 0.3) is 0 Å². The molecule has 1 N–H and O–H groups in total. The molecule has 1 atom stereocenters. The standard InChI is InChI=1S/C23H28O3/c24-22(25)23(18-26-23)21-17-11-10-16-20(21)15-9-4-2-1-3-6-12-19-13-7-5-8-14-19/h5,7-8,10-11,13-14,16-17H,1-4,6,9,12,15,18H2,(H,24,25). The third-order valence-electron chi connectivity index (χ3n) is 5.24. The zero-order chi connectivity index (χ0) is 18.2. The van der Waals surface area contributed by atoms with Crippen molar-refractivity contribution in [2.75, 3.05) is 6.61 Å². The summed E-state index contributed by atoms with van der Waals surface area (Å²) in [5, 5.41) is 9.43. The van der Waals surface area contributed by atoms with Gasteiger partial charge in [-0.2, -0.15) is 0 Å². The Kier molecular flexibility index (Phi) is 6.45. The maximum Gasteiger partial charge on any atom is 0.343 e. The molecular weight excluding hydrogens is 324 g/mol. The van der Waals surface area contributed by atoms with Crippen LogP contribution in [0.4, 0.5) is 0 Å². The molecule has 0 radical (unpaired) electrons. The van der Waals surface area contributed by atoms with Gasteiger partial charge in [-0.1, -0.05) is 80.3 Å². The fourth-order valence-corrected chi connectivity index (χ4v) is 3.59.